The number of hydrogen-bond donors (Lipinski definition) is 1. The largest absolute Gasteiger partial charge is 0.416 e. The van der Waals surface area contributed by atoms with Crippen molar-refractivity contribution in [2.45, 2.75) is 32.9 Å². The van der Waals surface area contributed by atoms with Gasteiger partial charge < -0.3 is 5.32 Å². The lowest BCUT2D eigenvalue weighted by Gasteiger charge is -2.18. The molecule has 3 rings (SSSR count). The van der Waals surface area contributed by atoms with Crippen molar-refractivity contribution in [2.24, 2.45) is 0 Å². The molecule has 0 fully saturated rings. The third kappa shape index (κ3) is 2.52. The Bertz CT molecular complexity index is 761. The molecule has 2 aromatic rings. The van der Waals surface area contributed by atoms with Crippen molar-refractivity contribution in [3.05, 3.63) is 40.5 Å². The van der Waals surface area contributed by atoms with E-state index in [0.29, 0.717) is 5.56 Å². The summed E-state index contributed by atoms with van der Waals surface area (Å²) in [7, 11) is 0. The highest BCUT2D eigenvalue weighted by atomic mass is 32.1. The van der Waals surface area contributed by atoms with Crippen molar-refractivity contribution in [1.29, 1.82) is 0 Å². The molecule has 1 aromatic carbocycles. The smallest absolute Gasteiger partial charge is 0.318 e. The molecule has 1 N–H and O–H groups in total. The lowest BCUT2D eigenvalue weighted by molar-refractivity contribution is -0.137. The minimum atomic E-state index is -4.35. The molecule has 0 radical (unpaired) electrons. The SMILES string of the molecule is CC(=O)Nc1sc2c(c1C)CCc1ccc(C(F)(F)F)cc1-2. The number of benzene rings is 1. The van der Waals surface area contributed by atoms with E-state index < -0.39 is 11.7 Å². The van der Waals surface area contributed by atoms with E-state index in [1.54, 1.807) is 6.07 Å². The van der Waals surface area contributed by atoms with Gasteiger partial charge in [-0.1, -0.05) is 6.07 Å². The minimum Gasteiger partial charge on any atom is -0.318 e. The number of nitrogens with one attached hydrogen (secondary N) is 1. The molecule has 2 nitrogen and oxygen atoms in total. The molecule has 0 atom stereocenters. The number of carbonyl (C=O) groups is 1. The van der Waals surface area contributed by atoms with Crippen LogP contribution in [0.1, 0.15) is 29.2 Å². The molecule has 116 valence electrons. The topological polar surface area (TPSA) is 29.1 Å². The first-order valence-corrected chi connectivity index (χ1v) is 7.69. The van der Waals surface area contributed by atoms with Gasteiger partial charge in [0.05, 0.1) is 10.6 Å². The first-order valence-electron chi connectivity index (χ1n) is 6.87. The molecular weight excluding hydrogens is 311 g/mol. The summed E-state index contributed by atoms with van der Waals surface area (Å²) in [5.41, 5.74) is 2.93. The van der Waals surface area contributed by atoms with Crippen LogP contribution in [0, 0.1) is 6.92 Å². The van der Waals surface area contributed by atoms with E-state index in [1.807, 2.05) is 6.92 Å². The number of thiophene rings is 1. The molecule has 1 aromatic heterocycles. The average molecular weight is 325 g/mol. The van der Waals surface area contributed by atoms with Gasteiger partial charge in [-0.25, -0.2) is 0 Å². The quantitative estimate of drug-likeness (QED) is 0.802. The van der Waals surface area contributed by atoms with Gasteiger partial charge in [0.15, 0.2) is 0 Å². The van der Waals surface area contributed by atoms with Crippen molar-refractivity contribution < 1.29 is 18.0 Å². The summed E-state index contributed by atoms with van der Waals surface area (Å²) in [6.07, 6.45) is -2.84. The molecule has 0 bridgehead atoms. The summed E-state index contributed by atoms with van der Waals surface area (Å²) in [6, 6.07) is 3.92. The van der Waals surface area contributed by atoms with E-state index in [2.05, 4.69) is 5.32 Å². The predicted molar refractivity (Wildman–Crippen MR) is 81.2 cm³/mol. The fourth-order valence-corrected chi connectivity index (χ4v) is 4.14. The average Bonchev–Trinajstić information content (AvgIpc) is 2.74. The number of hydrogen-bond acceptors (Lipinski definition) is 2. The van der Waals surface area contributed by atoms with E-state index in [0.717, 1.165) is 45.5 Å². The molecule has 1 aliphatic carbocycles. The molecule has 0 unspecified atom stereocenters. The lowest BCUT2D eigenvalue weighted by Crippen LogP contribution is -2.08. The number of alkyl halides is 3. The Balaban J connectivity index is 2.14. The van der Waals surface area contributed by atoms with Crippen LogP contribution in [0.4, 0.5) is 18.2 Å². The van der Waals surface area contributed by atoms with Crippen LogP contribution in [0.15, 0.2) is 18.2 Å². The van der Waals surface area contributed by atoms with Crippen LogP contribution >= 0.6 is 11.3 Å². The fraction of sp³-hybridized carbons (Fsp3) is 0.312. The fourth-order valence-electron chi connectivity index (χ4n) is 2.79. The van der Waals surface area contributed by atoms with Gasteiger partial charge in [0.2, 0.25) is 5.91 Å². The number of amides is 1. The molecule has 0 spiro atoms. The first-order chi connectivity index (χ1) is 10.3. The highest BCUT2D eigenvalue weighted by Crippen LogP contribution is 2.46. The molecule has 6 heteroatoms. The summed E-state index contributed by atoms with van der Waals surface area (Å²) in [5, 5.41) is 3.49. The standard InChI is InChI=1S/C16H14F3NOS/c1-8-12-6-4-10-3-5-11(16(17,18)19)7-13(10)14(12)22-15(8)20-9(2)21/h3,5,7H,4,6H2,1-2H3,(H,20,21). The summed E-state index contributed by atoms with van der Waals surface area (Å²) in [6.45, 7) is 3.33. The first kappa shape index (κ1) is 15.1. The Hall–Kier alpha value is -1.82. The van der Waals surface area contributed by atoms with E-state index in [9.17, 15) is 18.0 Å². The number of halogens is 3. The zero-order valence-electron chi connectivity index (χ0n) is 12.1. The second-order valence-electron chi connectivity index (χ2n) is 5.41. The zero-order valence-corrected chi connectivity index (χ0v) is 12.9. The van der Waals surface area contributed by atoms with Crippen molar-refractivity contribution in [1.82, 2.24) is 0 Å². The van der Waals surface area contributed by atoms with Crippen molar-refractivity contribution in [2.75, 3.05) is 5.32 Å². The van der Waals surface area contributed by atoms with E-state index in [4.69, 9.17) is 0 Å². The molecule has 1 aliphatic rings. The predicted octanol–water partition coefficient (Wildman–Crippen LogP) is 4.80. The van der Waals surface area contributed by atoms with E-state index in [1.165, 1.54) is 24.3 Å². The van der Waals surface area contributed by atoms with Crippen LogP contribution in [0.3, 0.4) is 0 Å². The van der Waals surface area contributed by atoms with Gasteiger partial charge in [0.1, 0.15) is 0 Å². The Morgan fingerprint density at radius 1 is 1.27 bits per heavy atom. The van der Waals surface area contributed by atoms with Crippen molar-refractivity contribution >= 4 is 22.2 Å². The number of carbonyl (C=O) groups excluding carboxylic acids is 1. The minimum absolute atomic E-state index is 0.175. The van der Waals surface area contributed by atoms with E-state index >= 15 is 0 Å². The normalized spacial score (nSPS) is 13.5. The van der Waals surface area contributed by atoms with E-state index in [-0.39, 0.29) is 5.91 Å². The second-order valence-corrected chi connectivity index (χ2v) is 6.44. The van der Waals surface area contributed by atoms with Crippen molar-refractivity contribution in [3.63, 3.8) is 0 Å². The maximum absolute atomic E-state index is 12.9. The van der Waals surface area contributed by atoms with Crippen LogP contribution in [0.25, 0.3) is 10.4 Å². The number of rotatable bonds is 1. The van der Waals surface area contributed by atoms with Crippen LogP contribution in [-0.4, -0.2) is 5.91 Å². The molecule has 0 aliphatic heterocycles. The Kier molecular flexibility index (Phi) is 3.51. The van der Waals surface area contributed by atoms with Gasteiger partial charge in [-0.05, 0) is 54.2 Å². The van der Waals surface area contributed by atoms with Crippen LogP contribution in [0.5, 0.6) is 0 Å². The second kappa shape index (κ2) is 5.12. The lowest BCUT2D eigenvalue weighted by atomic mass is 9.88. The molecule has 22 heavy (non-hydrogen) atoms. The van der Waals surface area contributed by atoms with Crippen LogP contribution < -0.4 is 5.32 Å². The van der Waals surface area contributed by atoms with Gasteiger partial charge in [0.25, 0.3) is 0 Å². The summed E-state index contributed by atoms with van der Waals surface area (Å²) < 4.78 is 38.8. The molecule has 0 saturated carbocycles. The molecule has 0 saturated heterocycles. The highest BCUT2D eigenvalue weighted by Gasteiger charge is 2.32. The summed E-state index contributed by atoms with van der Waals surface area (Å²) in [5.74, 6) is -0.175. The number of anilines is 1. The summed E-state index contributed by atoms with van der Waals surface area (Å²) >= 11 is 1.35. The highest BCUT2D eigenvalue weighted by molar-refractivity contribution is 7.20. The van der Waals surface area contributed by atoms with Gasteiger partial charge in [-0.2, -0.15) is 13.2 Å². The molecule has 1 amide bonds. The third-order valence-corrected chi connectivity index (χ3v) is 5.17. The summed E-state index contributed by atoms with van der Waals surface area (Å²) in [4.78, 5) is 12.1. The molecule has 1 heterocycles. The number of aryl methyl sites for hydroxylation is 1. The Morgan fingerprint density at radius 2 is 2.00 bits per heavy atom. The van der Waals surface area contributed by atoms with Crippen LogP contribution in [0.2, 0.25) is 0 Å². The maximum Gasteiger partial charge on any atom is 0.416 e. The molecular formula is C16H14F3NOS. The van der Waals surface area contributed by atoms with Gasteiger partial charge in [-0.15, -0.1) is 11.3 Å². The third-order valence-electron chi connectivity index (χ3n) is 3.89. The van der Waals surface area contributed by atoms with Crippen molar-refractivity contribution in [3.8, 4) is 10.4 Å². The monoisotopic (exact) mass is 325 g/mol. The maximum atomic E-state index is 12.9. The Labute approximate surface area is 130 Å². The van der Waals surface area contributed by atoms with Gasteiger partial charge >= 0.3 is 6.18 Å². The zero-order chi connectivity index (χ0) is 16.1. The van der Waals surface area contributed by atoms with Crippen LogP contribution in [-0.2, 0) is 23.8 Å². The number of fused-ring (bicyclic) bond motifs is 3. The Morgan fingerprint density at radius 3 is 2.64 bits per heavy atom. The van der Waals surface area contributed by atoms with Gasteiger partial charge in [0, 0.05) is 11.8 Å². The van der Waals surface area contributed by atoms with Gasteiger partial charge in [-0.3, -0.25) is 4.79 Å².